The van der Waals surface area contributed by atoms with Crippen LogP contribution in [0.15, 0.2) is 54.7 Å². The molecular formula is C19H16FN3O2. The lowest BCUT2D eigenvalue weighted by molar-refractivity contribution is -0.116. The van der Waals surface area contributed by atoms with Crippen LogP contribution in [0.1, 0.15) is 29.0 Å². The molecule has 0 saturated carbocycles. The molecule has 0 saturated heterocycles. The Morgan fingerprint density at radius 3 is 2.76 bits per heavy atom. The Balaban J connectivity index is 1.61. The third kappa shape index (κ3) is 3.10. The first kappa shape index (κ1) is 15.4. The van der Waals surface area contributed by atoms with Crippen LogP contribution in [0.2, 0.25) is 0 Å². The number of H-pyrrole nitrogens is 1. The van der Waals surface area contributed by atoms with Gasteiger partial charge in [-0.25, -0.2) is 4.39 Å². The van der Waals surface area contributed by atoms with Crippen LogP contribution in [-0.4, -0.2) is 16.1 Å². The topological polar surface area (TPSA) is 67.0 Å². The molecule has 5 nitrogen and oxygen atoms in total. The van der Waals surface area contributed by atoms with E-state index in [1.807, 2.05) is 24.3 Å². The third-order valence-corrected chi connectivity index (χ3v) is 4.30. The van der Waals surface area contributed by atoms with E-state index in [-0.39, 0.29) is 17.6 Å². The summed E-state index contributed by atoms with van der Waals surface area (Å²) in [5.41, 5.74) is 2.75. The van der Waals surface area contributed by atoms with Gasteiger partial charge in [-0.1, -0.05) is 30.3 Å². The van der Waals surface area contributed by atoms with Crippen molar-refractivity contribution in [3.8, 4) is 5.75 Å². The molecule has 0 aliphatic carbocycles. The van der Waals surface area contributed by atoms with Gasteiger partial charge in [0.1, 0.15) is 24.0 Å². The molecule has 4 rings (SSSR count). The normalized spacial score (nSPS) is 16.2. The molecule has 0 unspecified atom stereocenters. The van der Waals surface area contributed by atoms with Crippen molar-refractivity contribution < 1.29 is 13.9 Å². The zero-order valence-electron chi connectivity index (χ0n) is 13.3. The number of rotatable bonds is 4. The summed E-state index contributed by atoms with van der Waals surface area (Å²) in [7, 11) is 0. The largest absolute Gasteiger partial charge is 0.489 e. The highest BCUT2D eigenvalue weighted by molar-refractivity contribution is 5.94. The van der Waals surface area contributed by atoms with Crippen LogP contribution in [-0.2, 0) is 11.4 Å². The molecule has 0 radical (unpaired) electrons. The minimum absolute atomic E-state index is 0.0601. The van der Waals surface area contributed by atoms with Crippen molar-refractivity contribution in [1.29, 1.82) is 0 Å². The van der Waals surface area contributed by atoms with Crippen LogP contribution < -0.4 is 10.1 Å². The maximum Gasteiger partial charge on any atom is 0.226 e. The fourth-order valence-corrected chi connectivity index (χ4v) is 3.06. The molecule has 2 aromatic carbocycles. The average molecular weight is 337 g/mol. The lowest BCUT2D eigenvalue weighted by atomic mass is 9.87. The van der Waals surface area contributed by atoms with E-state index in [2.05, 4.69) is 15.5 Å². The van der Waals surface area contributed by atoms with Gasteiger partial charge in [-0.3, -0.25) is 9.89 Å². The van der Waals surface area contributed by atoms with Gasteiger partial charge < -0.3 is 10.1 Å². The Bertz CT molecular complexity index is 905. The summed E-state index contributed by atoms with van der Waals surface area (Å²) in [5.74, 6) is 0.889. The second-order valence-electron chi connectivity index (χ2n) is 5.96. The highest BCUT2D eigenvalue weighted by Crippen LogP contribution is 2.39. The van der Waals surface area contributed by atoms with E-state index in [9.17, 15) is 9.18 Å². The smallest absolute Gasteiger partial charge is 0.226 e. The number of aromatic nitrogens is 2. The SMILES string of the molecule is O=C1C[C@@H](c2ccccc2OCc2ccc(F)cc2)c2cn[nH]c2N1. The second-order valence-corrected chi connectivity index (χ2v) is 5.96. The van der Waals surface area contributed by atoms with Crippen LogP contribution in [0.25, 0.3) is 0 Å². The number of carbonyl (C=O) groups excluding carboxylic acids is 1. The van der Waals surface area contributed by atoms with Crippen LogP contribution in [0.5, 0.6) is 5.75 Å². The number of hydrogen-bond donors (Lipinski definition) is 2. The first-order chi connectivity index (χ1) is 12.2. The first-order valence-corrected chi connectivity index (χ1v) is 8.00. The summed E-state index contributed by atoms with van der Waals surface area (Å²) >= 11 is 0. The number of fused-ring (bicyclic) bond motifs is 1. The molecule has 2 heterocycles. The highest BCUT2D eigenvalue weighted by atomic mass is 19.1. The Morgan fingerprint density at radius 2 is 1.92 bits per heavy atom. The zero-order valence-corrected chi connectivity index (χ0v) is 13.3. The van der Waals surface area contributed by atoms with Gasteiger partial charge in [0.05, 0.1) is 6.20 Å². The molecule has 1 aliphatic heterocycles. The molecule has 2 N–H and O–H groups in total. The molecule has 1 atom stereocenters. The summed E-state index contributed by atoms with van der Waals surface area (Å²) in [6.45, 7) is 0.328. The number of anilines is 1. The zero-order chi connectivity index (χ0) is 17.2. The van der Waals surface area contributed by atoms with Crippen LogP contribution in [0.4, 0.5) is 10.2 Å². The van der Waals surface area contributed by atoms with Gasteiger partial charge in [0.2, 0.25) is 5.91 Å². The predicted octanol–water partition coefficient (Wildman–Crippen LogP) is 3.60. The van der Waals surface area contributed by atoms with E-state index < -0.39 is 0 Å². The fraction of sp³-hybridized carbons (Fsp3) is 0.158. The number of hydrogen-bond acceptors (Lipinski definition) is 3. The van der Waals surface area contributed by atoms with E-state index in [1.165, 1.54) is 12.1 Å². The molecular weight excluding hydrogens is 321 g/mol. The molecule has 1 amide bonds. The van der Waals surface area contributed by atoms with Crippen LogP contribution in [0.3, 0.4) is 0 Å². The lowest BCUT2D eigenvalue weighted by Gasteiger charge is -2.24. The van der Waals surface area contributed by atoms with Crippen molar-refractivity contribution in [3.05, 3.63) is 77.2 Å². The lowest BCUT2D eigenvalue weighted by Crippen LogP contribution is -2.23. The molecule has 1 aromatic heterocycles. The van der Waals surface area contributed by atoms with Crippen molar-refractivity contribution in [3.63, 3.8) is 0 Å². The maximum atomic E-state index is 13.0. The molecule has 6 heteroatoms. The van der Waals surface area contributed by atoms with Gasteiger partial charge in [0, 0.05) is 23.5 Å². The van der Waals surface area contributed by atoms with Gasteiger partial charge in [0.15, 0.2) is 0 Å². The quantitative estimate of drug-likeness (QED) is 0.764. The second kappa shape index (κ2) is 6.39. The molecule has 0 fully saturated rings. The molecule has 126 valence electrons. The first-order valence-electron chi connectivity index (χ1n) is 8.00. The Morgan fingerprint density at radius 1 is 1.12 bits per heavy atom. The van der Waals surface area contributed by atoms with Crippen molar-refractivity contribution in [2.24, 2.45) is 0 Å². The summed E-state index contributed by atoms with van der Waals surface area (Å²) in [5, 5.41) is 9.63. The third-order valence-electron chi connectivity index (χ3n) is 4.30. The number of ether oxygens (including phenoxy) is 1. The van der Waals surface area contributed by atoms with E-state index in [4.69, 9.17) is 4.74 Å². The van der Waals surface area contributed by atoms with Crippen LogP contribution >= 0.6 is 0 Å². The van der Waals surface area contributed by atoms with Gasteiger partial charge in [-0.2, -0.15) is 5.10 Å². The molecule has 0 spiro atoms. The van der Waals surface area contributed by atoms with Gasteiger partial charge in [-0.05, 0) is 23.8 Å². The van der Waals surface area contributed by atoms with E-state index in [0.717, 1.165) is 16.7 Å². The van der Waals surface area contributed by atoms with Crippen molar-refractivity contribution >= 4 is 11.7 Å². The number of para-hydroxylation sites is 1. The number of halogens is 1. The summed E-state index contributed by atoms with van der Waals surface area (Å²) in [4.78, 5) is 12.0. The minimum Gasteiger partial charge on any atom is -0.489 e. The monoisotopic (exact) mass is 337 g/mol. The van der Waals surface area contributed by atoms with E-state index >= 15 is 0 Å². The Hall–Kier alpha value is -3.15. The van der Waals surface area contributed by atoms with Gasteiger partial charge in [-0.15, -0.1) is 0 Å². The minimum atomic E-state index is -0.273. The summed E-state index contributed by atoms with van der Waals surface area (Å²) < 4.78 is 19.0. The van der Waals surface area contributed by atoms with Crippen molar-refractivity contribution in [2.75, 3.05) is 5.32 Å². The number of carbonyl (C=O) groups is 1. The Labute approximate surface area is 143 Å². The standard InChI is InChI=1S/C19H16FN3O2/c20-13-7-5-12(6-8-13)11-25-17-4-2-1-3-14(17)15-9-18(24)22-19-16(15)10-21-23-19/h1-8,10,15H,9,11H2,(H2,21,22,23,24)/t15-/m0/s1. The molecule has 25 heavy (non-hydrogen) atoms. The fourth-order valence-electron chi connectivity index (χ4n) is 3.06. The molecule has 3 aromatic rings. The molecule has 1 aliphatic rings. The highest BCUT2D eigenvalue weighted by Gasteiger charge is 2.29. The summed E-state index contributed by atoms with van der Waals surface area (Å²) in [6.07, 6.45) is 2.07. The predicted molar refractivity (Wildman–Crippen MR) is 90.9 cm³/mol. The van der Waals surface area contributed by atoms with Crippen molar-refractivity contribution in [1.82, 2.24) is 10.2 Å². The maximum absolute atomic E-state index is 13.0. The average Bonchev–Trinajstić information content (AvgIpc) is 3.09. The molecule has 0 bridgehead atoms. The number of nitrogens with zero attached hydrogens (tertiary/aromatic N) is 1. The van der Waals surface area contributed by atoms with Crippen LogP contribution in [0, 0.1) is 5.82 Å². The van der Waals surface area contributed by atoms with Gasteiger partial charge >= 0.3 is 0 Å². The van der Waals surface area contributed by atoms with Gasteiger partial charge in [0.25, 0.3) is 0 Å². The number of nitrogens with one attached hydrogen (secondary N) is 2. The summed E-state index contributed by atoms with van der Waals surface area (Å²) in [6, 6.07) is 13.9. The number of benzene rings is 2. The Kier molecular flexibility index (Phi) is 3.93. The van der Waals surface area contributed by atoms with E-state index in [0.29, 0.717) is 24.6 Å². The number of amides is 1. The van der Waals surface area contributed by atoms with Crippen molar-refractivity contribution in [2.45, 2.75) is 18.9 Å². The number of aromatic amines is 1. The van der Waals surface area contributed by atoms with E-state index in [1.54, 1.807) is 18.3 Å².